The lowest BCUT2D eigenvalue weighted by Crippen LogP contribution is -2.35. The predicted octanol–water partition coefficient (Wildman–Crippen LogP) is 5.59. The van der Waals surface area contributed by atoms with E-state index in [4.69, 9.17) is 9.57 Å². The number of methoxy groups -OCH3 is 1. The number of amides is 2. The van der Waals surface area contributed by atoms with Crippen LogP contribution in [0.3, 0.4) is 0 Å². The minimum absolute atomic E-state index is 0.0105. The van der Waals surface area contributed by atoms with E-state index in [0.717, 1.165) is 22.1 Å². The maximum absolute atomic E-state index is 13.5. The summed E-state index contributed by atoms with van der Waals surface area (Å²) in [5, 5.41) is 12.0. The van der Waals surface area contributed by atoms with Crippen molar-refractivity contribution in [3.8, 4) is 17.6 Å². The summed E-state index contributed by atoms with van der Waals surface area (Å²) in [5.74, 6) is 3.96. The first-order chi connectivity index (χ1) is 23.9. The standard InChI is InChI=1S/C37H31F3N4O6/c1-23-3-5-24(6-4-23)9-18-33-42-35(43-50-33)26-10-7-25(8-11-26)21-44(22-34(46)47)36(48)27-12-15-29(16-13-27)41-32(45)19-28-14-17-30(49-2)20-31(28)37(38,39)40/h3-8,10-17,20,33H,19,21-22H2,1-2H3,(H,41,45)(H,42,43)(H,46,47). The SMILES string of the molecule is COc1ccc(CC(=O)Nc2ccc(C(=O)N(CC(=O)O)Cc3ccc(C4=NC(C#Cc5ccc(C)cc5)ON4)cc3)cc2)c(C(F)(F)F)c1. The van der Waals surface area contributed by atoms with E-state index in [2.05, 4.69) is 27.6 Å². The maximum Gasteiger partial charge on any atom is 0.416 e. The molecule has 4 aromatic carbocycles. The molecule has 1 unspecified atom stereocenters. The fourth-order valence-corrected chi connectivity index (χ4v) is 4.97. The van der Waals surface area contributed by atoms with E-state index < -0.39 is 48.7 Å². The number of aliphatic carboxylic acids is 1. The molecule has 5 rings (SSSR count). The van der Waals surface area contributed by atoms with Gasteiger partial charge in [-0.1, -0.05) is 53.9 Å². The summed E-state index contributed by atoms with van der Waals surface area (Å²) in [6.07, 6.45) is -5.94. The van der Waals surface area contributed by atoms with Gasteiger partial charge in [-0.25, -0.2) is 15.3 Å². The molecule has 4 aromatic rings. The van der Waals surface area contributed by atoms with Gasteiger partial charge in [-0.3, -0.25) is 14.4 Å². The van der Waals surface area contributed by atoms with E-state index in [9.17, 15) is 32.7 Å². The molecule has 0 radical (unpaired) electrons. The van der Waals surface area contributed by atoms with Crippen molar-refractivity contribution in [2.45, 2.75) is 32.3 Å². The van der Waals surface area contributed by atoms with Gasteiger partial charge in [-0.2, -0.15) is 13.2 Å². The molecule has 3 N–H and O–H groups in total. The normalized spacial score (nSPS) is 13.7. The summed E-state index contributed by atoms with van der Waals surface area (Å²) >= 11 is 0. The monoisotopic (exact) mass is 684 g/mol. The number of carboxylic acid groups (broad SMARTS) is 1. The molecule has 1 aliphatic heterocycles. The van der Waals surface area contributed by atoms with Gasteiger partial charge in [0, 0.05) is 28.9 Å². The summed E-state index contributed by atoms with van der Waals surface area (Å²) in [4.78, 5) is 48.6. The van der Waals surface area contributed by atoms with Crippen LogP contribution in [-0.4, -0.2) is 53.5 Å². The van der Waals surface area contributed by atoms with Crippen LogP contribution in [0.15, 0.2) is 96.0 Å². The molecule has 0 aromatic heterocycles. The minimum atomic E-state index is -4.69. The molecule has 0 aliphatic carbocycles. The molecule has 1 aliphatic rings. The number of hydroxylamine groups is 1. The van der Waals surface area contributed by atoms with Crippen molar-refractivity contribution < 1.29 is 42.2 Å². The number of aryl methyl sites for hydroxylation is 1. The van der Waals surface area contributed by atoms with Gasteiger partial charge in [0.05, 0.1) is 19.1 Å². The highest BCUT2D eigenvalue weighted by molar-refractivity contribution is 5.99. The van der Waals surface area contributed by atoms with E-state index in [1.54, 1.807) is 24.3 Å². The fourth-order valence-electron chi connectivity index (χ4n) is 4.97. The minimum Gasteiger partial charge on any atom is -0.497 e. The van der Waals surface area contributed by atoms with Gasteiger partial charge in [-0.05, 0) is 72.5 Å². The molecule has 1 atom stereocenters. The van der Waals surface area contributed by atoms with E-state index >= 15 is 0 Å². The number of carbonyl (C=O) groups is 3. The van der Waals surface area contributed by atoms with E-state index in [1.807, 2.05) is 31.2 Å². The molecule has 0 fully saturated rings. The number of alkyl halides is 3. The number of halogens is 3. The number of anilines is 1. The van der Waals surface area contributed by atoms with Crippen LogP contribution >= 0.6 is 0 Å². The van der Waals surface area contributed by atoms with Crippen LogP contribution in [-0.2, 0) is 33.6 Å². The lowest BCUT2D eigenvalue weighted by molar-refractivity contribution is -0.139. The Hall–Kier alpha value is -6.13. The van der Waals surface area contributed by atoms with Gasteiger partial charge in [0.15, 0.2) is 5.84 Å². The van der Waals surface area contributed by atoms with E-state index in [0.29, 0.717) is 17.0 Å². The number of carboxylic acids is 1. The van der Waals surface area contributed by atoms with Gasteiger partial charge in [0.1, 0.15) is 12.3 Å². The van der Waals surface area contributed by atoms with Gasteiger partial charge < -0.3 is 20.1 Å². The number of aliphatic imine (C=N–C) groups is 1. The Bertz CT molecular complexity index is 1970. The Morgan fingerprint density at radius 1 is 1.00 bits per heavy atom. The number of amidine groups is 1. The van der Waals surface area contributed by atoms with Gasteiger partial charge >= 0.3 is 12.1 Å². The van der Waals surface area contributed by atoms with Crippen molar-refractivity contribution in [3.05, 3.63) is 130 Å². The summed E-state index contributed by atoms with van der Waals surface area (Å²) in [6, 6.07) is 23.7. The van der Waals surface area contributed by atoms with Crippen LogP contribution < -0.4 is 15.5 Å². The van der Waals surface area contributed by atoms with E-state index in [-0.39, 0.29) is 29.1 Å². The third kappa shape index (κ3) is 9.27. The lowest BCUT2D eigenvalue weighted by Gasteiger charge is -2.21. The number of hydrogen-bond donors (Lipinski definition) is 3. The molecule has 0 saturated heterocycles. The molecule has 0 spiro atoms. The third-order valence-electron chi connectivity index (χ3n) is 7.51. The van der Waals surface area contributed by atoms with Gasteiger partial charge in [0.2, 0.25) is 12.1 Å². The average Bonchev–Trinajstić information content (AvgIpc) is 3.57. The Morgan fingerprint density at radius 2 is 1.70 bits per heavy atom. The number of nitrogens with zero attached hydrogens (tertiary/aromatic N) is 2. The Kier molecular flexibility index (Phi) is 10.8. The Balaban J connectivity index is 1.21. The number of rotatable bonds is 10. The van der Waals surface area contributed by atoms with Crippen molar-refractivity contribution in [1.29, 1.82) is 0 Å². The highest BCUT2D eigenvalue weighted by atomic mass is 19.4. The molecule has 1 heterocycles. The van der Waals surface area contributed by atoms with Crippen molar-refractivity contribution in [2.24, 2.45) is 4.99 Å². The highest BCUT2D eigenvalue weighted by Gasteiger charge is 2.34. The molecule has 0 saturated carbocycles. The number of ether oxygens (including phenoxy) is 1. The van der Waals surface area contributed by atoms with Gasteiger partial charge in [0.25, 0.3) is 5.91 Å². The first-order valence-corrected chi connectivity index (χ1v) is 15.2. The fraction of sp³-hybridized carbons (Fsp3) is 0.189. The molecular weight excluding hydrogens is 653 g/mol. The zero-order valence-corrected chi connectivity index (χ0v) is 26.9. The number of carbonyl (C=O) groups excluding carboxylic acids is 2. The average molecular weight is 685 g/mol. The Morgan fingerprint density at radius 3 is 2.34 bits per heavy atom. The molecule has 10 nitrogen and oxygen atoms in total. The molecule has 0 bridgehead atoms. The lowest BCUT2D eigenvalue weighted by atomic mass is 10.0. The van der Waals surface area contributed by atoms with Crippen LogP contribution in [0.2, 0.25) is 0 Å². The summed E-state index contributed by atoms with van der Waals surface area (Å²) in [6.45, 7) is 1.40. The topological polar surface area (TPSA) is 130 Å². The molecule has 256 valence electrons. The number of hydrogen-bond acceptors (Lipinski definition) is 7. The first-order valence-electron chi connectivity index (χ1n) is 15.2. The van der Waals surface area contributed by atoms with Gasteiger partial charge in [-0.15, -0.1) is 0 Å². The quantitative estimate of drug-likeness (QED) is 0.186. The van der Waals surface area contributed by atoms with Crippen molar-refractivity contribution >= 4 is 29.3 Å². The Labute approximate surface area is 285 Å². The summed E-state index contributed by atoms with van der Waals surface area (Å²) < 4.78 is 45.5. The van der Waals surface area contributed by atoms with Crippen LogP contribution in [0, 0.1) is 18.8 Å². The number of benzene rings is 4. The van der Waals surface area contributed by atoms with Crippen molar-refractivity contribution in [2.75, 3.05) is 19.0 Å². The highest BCUT2D eigenvalue weighted by Crippen LogP contribution is 2.34. The number of nitrogens with one attached hydrogen (secondary N) is 2. The summed E-state index contributed by atoms with van der Waals surface area (Å²) in [5.41, 5.74) is 5.26. The predicted molar refractivity (Wildman–Crippen MR) is 178 cm³/mol. The van der Waals surface area contributed by atoms with Crippen molar-refractivity contribution in [1.82, 2.24) is 10.4 Å². The largest absolute Gasteiger partial charge is 0.497 e. The van der Waals surface area contributed by atoms with Crippen LogP contribution in [0.25, 0.3) is 0 Å². The zero-order valence-electron chi connectivity index (χ0n) is 26.9. The van der Waals surface area contributed by atoms with Crippen LogP contribution in [0.5, 0.6) is 5.75 Å². The van der Waals surface area contributed by atoms with Crippen LogP contribution in [0.1, 0.15) is 43.7 Å². The maximum atomic E-state index is 13.5. The second kappa shape index (κ2) is 15.4. The molecule has 50 heavy (non-hydrogen) atoms. The van der Waals surface area contributed by atoms with Crippen molar-refractivity contribution in [3.63, 3.8) is 0 Å². The second-order valence-electron chi connectivity index (χ2n) is 11.3. The molecule has 13 heteroatoms. The zero-order chi connectivity index (χ0) is 35.8. The third-order valence-corrected chi connectivity index (χ3v) is 7.51. The smallest absolute Gasteiger partial charge is 0.416 e. The molecular formula is C37H31F3N4O6. The first kappa shape index (κ1) is 35.2. The molecule has 2 amide bonds. The summed E-state index contributed by atoms with van der Waals surface area (Å²) in [7, 11) is 1.24. The van der Waals surface area contributed by atoms with Crippen LogP contribution in [0.4, 0.5) is 18.9 Å². The van der Waals surface area contributed by atoms with E-state index in [1.165, 1.54) is 43.5 Å². The second-order valence-corrected chi connectivity index (χ2v) is 11.3.